The van der Waals surface area contributed by atoms with Crippen molar-refractivity contribution in [2.24, 2.45) is 11.8 Å². The highest BCUT2D eigenvalue weighted by molar-refractivity contribution is 7.21. The molecule has 2 heterocycles. The Morgan fingerprint density at radius 3 is 2.27 bits per heavy atom. The molecular formula is C30H30N2O3S2. The van der Waals surface area contributed by atoms with E-state index in [1.54, 1.807) is 29.8 Å². The van der Waals surface area contributed by atoms with Gasteiger partial charge in [0.25, 0.3) is 0 Å². The number of rotatable bonds is 9. The average Bonchev–Trinajstić information content (AvgIpc) is 3.72. The van der Waals surface area contributed by atoms with E-state index in [9.17, 15) is 9.59 Å². The van der Waals surface area contributed by atoms with E-state index in [4.69, 9.17) is 4.74 Å². The van der Waals surface area contributed by atoms with Gasteiger partial charge in [-0.2, -0.15) is 0 Å². The van der Waals surface area contributed by atoms with Crippen LogP contribution in [0.2, 0.25) is 0 Å². The molecule has 1 unspecified atom stereocenters. The Balaban J connectivity index is 1.13. The number of hydrogen-bond donors (Lipinski definition) is 2. The van der Waals surface area contributed by atoms with E-state index in [1.807, 2.05) is 54.6 Å². The summed E-state index contributed by atoms with van der Waals surface area (Å²) in [6.45, 7) is 0.939. The summed E-state index contributed by atoms with van der Waals surface area (Å²) in [4.78, 5) is 29.6. The number of ether oxygens (including phenoxy) is 1. The molecule has 1 saturated carbocycles. The third kappa shape index (κ3) is 5.95. The van der Waals surface area contributed by atoms with Crippen molar-refractivity contribution >= 4 is 34.5 Å². The Labute approximate surface area is 225 Å². The van der Waals surface area contributed by atoms with Gasteiger partial charge in [0.05, 0.1) is 13.7 Å². The molecule has 190 valence electrons. The van der Waals surface area contributed by atoms with Crippen molar-refractivity contribution in [3.63, 3.8) is 0 Å². The molecule has 2 N–H and O–H groups in total. The summed E-state index contributed by atoms with van der Waals surface area (Å²) in [6.07, 6.45) is 2.39. The Morgan fingerprint density at radius 1 is 0.838 bits per heavy atom. The Morgan fingerprint density at radius 2 is 1.57 bits per heavy atom. The zero-order valence-electron chi connectivity index (χ0n) is 20.7. The fourth-order valence-electron chi connectivity index (χ4n) is 4.92. The van der Waals surface area contributed by atoms with Crippen LogP contribution in [0.5, 0.6) is 5.75 Å². The van der Waals surface area contributed by atoms with Gasteiger partial charge in [-0.25, -0.2) is 0 Å². The van der Waals surface area contributed by atoms with Crippen LogP contribution in [0.25, 0.3) is 20.9 Å². The molecule has 1 aliphatic rings. The molecule has 1 fully saturated rings. The fourth-order valence-corrected chi connectivity index (χ4v) is 6.70. The first-order valence-electron chi connectivity index (χ1n) is 12.5. The Bertz CT molecular complexity index is 1350. The molecule has 2 aromatic carbocycles. The molecule has 0 spiro atoms. The molecule has 5 rings (SSSR count). The highest BCUT2D eigenvalue weighted by Gasteiger charge is 2.37. The van der Waals surface area contributed by atoms with Crippen molar-refractivity contribution in [2.75, 3.05) is 7.11 Å². The summed E-state index contributed by atoms with van der Waals surface area (Å²) < 4.78 is 5.47. The maximum absolute atomic E-state index is 13.0. The molecule has 0 saturated heterocycles. The van der Waals surface area contributed by atoms with Crippen LogP contribution in [-0.2, 0) is 22.7 Å². The van der Waals surface area contributed by atoms with Crippen LogP contribution in [0.15, 0.2) is 78.2 Å². The van der Waals surface area contributed by atoms with Crippen LogP contribution < -0.4 is 15.4 Å². The zero-order chi connectivity index (χ0) is 25.6. The van der Waals surface area contributed by atoms with Gasteiger partial charge in [0, 0.05) is 38.6 Å². The van der Waals surface area contributed by atoms with Gasteiger partial charge in [0.2, 0.25) is 11.8 Å². The topological polar surface area (TPSA) is 67.4 Å². The van der Waals surface area contributed by atoms with Crippen LogP contribution in [0, 0.1) is 11.8 Å². The van der Waals surface area contributed by atoms with Crippen molar-refractivity contribution in [1.82, 2.24) is 10.6 Å². The number of benzene rings is 2. The van der Waals surface area contributed by atoms with Gasteiger partial charge < -0.3 is 15.4 Å². The van der Waals surface area contributed by atoms with E-state index in [0.717, 1.165) is 46.6 Å². The molecule has 4 aromatic rings. The first kappa shape index (κ1) is 25.2. The normalized spacial score (nSPS) is 16.9. The molecule has 7 heteroatoms. The van der Waals surface area contributed by atoms with Crippen molar-refractivity contribution < 1.29 is 14.3 Å². The summed E-state index contributed by atoms with van der Waals surface area (Å²) in [5, 5.41) is 8.20. The van der Waals surface area contributed by atoms with Gasteiger partial charge in [0.15, 0.2) is 0 Å². The van der Waals surface area contributed by atoms with Gasteiger partial charge in [-0.1, -0.05) is 55.0 Å². The molecule has 2 atom stereocenters. The number of para-hydroxylation sites is 1. The Kier molecular flexibility index (Phi) is 8.02. The number of hydrogen-bond acceptors (Lipinski definition) is 5. The number of carbonyl (C=O) groups excluding carboxylic acids is 2. The molecular weight excluding hydrogens is 500 g/mol. The lowest BCUT2D eigenvalue weighted by molar-refractivity contribution is -0.133. The summed E-state index contributed by atoms with van der Waals surface area (Å²) in [6, 6.07) is 24.4. The monoisotopic (exact) mass is 530 g/mol. The SMILES string of the molecule is COc1ccccc1-c1ccc(CNC(=O)C2CCC[C@H]2C(=O)NCc2ccc(-c3cccs3)s2)cc1. The third-order valence-electron chi connectivity index (χ3n) is 6.89. The lowest BCUT2D eigenvalue weighted by atomic mass is 9.94. The van der Waals surface area contributed by atoms with Crippen LogP contribution in [0.4, 0.5) is 0 Å². The highest BCUT2D eigenvalue weighted by Crippen LogP contribution is 2.34. The second-order valence-electron chi connectivity index (χ2n) is 9.22. The van der Waals surface area contributed by atoms with Crippen LogP contribution in [0.3, 0.4) is 0 Å². The summed E-state index contributed by atoms with van der Waals surface area (Å²) in [5.41, 5.74) is 3.12. The Hall–Kier alpha value is -3.42. The molecule has 0 radical (unpaired) electrons. The number of nitrogens with one attached hydrogen (secondary N) is 2. The van der Waals surface area contributed by atoms with Crippen LogP contribution >= 0.6 is 22.7 Å². The maximum atomic E-state index is 13.0. The van der Waals surface area contributed by atoms with Gasteiger partial charge in [-0.05, 0) is 53.6 Å². The first-order valence-corrected chi connectivity index (χ1v) is 14.2. The quantitative estimate of drug-likeness (QED) is 0.260. The van der Waals surface area contributed by atoms with E-state index in [0.29, 0.717) is 13.1 Å². The third-order valence-corrected chi connectivity index (χ3v) is 9.04. The van der Waals surface area contributed by atoms with Crippen molar-refractivity contribution in [3.8, 4) is 26.6 Å². The van der Waals surface area contributed by atoms with Crippen molar-refractivity contribution in [2.45, 2.75) is 32.4 Å². The lowest BCUT2D eigenvalue weighted by Crippen LogP contribution is -2.39. The second kappa shape index (κ2) is 11.8. The fraction of sp³-hybridized carbons (Fsp3) is 0.267. The number of carbonyl (C=O) groups is 2. The predicted molar refractivity (Wildman–Crippen MR) is 151 cm³/mol. The van der Waals surface area contributed by atoms with Gasteiger partial charge in [-0.3, -0.25) is 9.59 Å². The molecule has 2 amide bonds. The van der Waals surface area contributed by atoms with E-state index in [2.05, 4.69) is 34.2 Å². The van der Waals surface area contributed by atoms with Crippen molar-refractivity contribution in [3.05, 3.63) is 88.6 Å². The summed E-state index contributed by atoms with van der Waals surface area (Å²) in [7, 11) is 1.67. The smallest absolute Gasteiger partial charge is 0.224 e. The molecule has 1 aliphatic carbocycles. The number of methoxy groups -OCH3 is 1. The highest BCUT2D eigenvalue weighted by atomic mass is 32.1. The number of amides is 2. The number of thiophene rings is 2. The molecule has 5 nitrogen and oxygen atoms in total. The second-order valence-corrected chi connectivity index (χ2v) is 11.3. The minimum absolute atomic E-state index is 0.0233. The summed E-state index contributed by atoms with van der Waals surface area (Å²) in [5.74, 6) is 0.214. The van der Waals surface area contributed by atoms with E-state index >= 15 is 0 Å². The van der Waals surface area contributed by atoms with Gasteiger partial charge in [0.1, 0.15) is 5.75 Å². The maximum Gasteiger partial charge on any atom is 0.224 e. The van der Waals surface area contributed by atoms with Crippen LogP contribution in [0.1, 0.15) is 29.7 Å². The van der Waals surface area contributed by atoms with Crippen molar-refractivity contribution in [1.29, 1.82) is 0 Å². The van der Waals surface area contributed by atoms with Gasteiger partial charge in [-0.15, -0.1) is 22.7 Å². The van der Waals surface area contributed by atoms with E-state index in [1.165, 1.54) is 9.75 Å². The predicted octanol–water partition coefficient (Wildman–Crippen LogP) is 6.50. The minimum Gasteiger partial charge on any atom is -0.496 e. The largest absolute Gasteiger partial charge is 0.496 e. The lowest BCUT2D eigenvalue weighted by Gasteiger charge is -2.19. The minimum atomic E-state index is -0.280. The zero-order valence-corrected chi connectivity index (χ0v) is 22.4. The van der Waals surface area contributed by atoms with E-state index in [-0.39, 0.29) is 23.7 Å². The molecule has 2 aromatic heterocycles. The first-order chi connectivity index (χ1) is 18.1. The van der Waals surface area contributed by atoms with Crippen LogP contribution in [-0.4, -0.2) is 18.9 Å². The average molecular weight is 531 g/mol. The molecule has 37 heavy (non-hydrogen) atoms. The molecule has 0 aliphatic heterocycles. The molecule has 0 bridgehead atoms. The standard InChI is InChI=1S/C30H30N2O3S2/c1-35-26-9-3-2-6-23(26)21-13-11-20(12-14-21)18-31-29(33)24-7-4-8-25(24)30(34)32-19-22-15-16-28(37-22)27-10-5-17-36-27/h2-3,5-6,9-17,24-25H,4,7-8,18-19H2,1H3,(H,31,33)(H,32,34)/t24?,25-/m1/s1. The van der Waals surface area contributed by atoms with E-state index < -0.39 is 0 Å². The summed E-state index contributed by atoms with van der Waals surface area (Å²) >= 11 is 3.41. The van der Waals surface area contributed by atoms with Gasteiger partial charge >= 0.3 is 0 Å².